The van der Waals surface area contributed by atoms with Crippen molar-refractivity contribution in [2.24, 2.45) is 11.7 Å². The van der Waals surface area contributed by atoms with Crippen molar-refractivity contribution in [3.05, 3.63) is 88.7 Å². The molecular weight excluding hydrogens is 497 g/mol. The number of amides is 2. The second kappa shape index (κ2) is 10.9. The molecule has 0 fully saturated rings. The Morgan fingerprint density at radius 2 is 1.75 bits per heavy atom. The Labute approximate surface area is 219 Å². The van der Waals surface area contributed by atoms with Gasteiger partial charge in [0.25, 0.3) is 5.91 Å². The molecule has 0 saturated heterocycles. The summed E-state index contributed by atoms with van der Waals surface area (Å²) >= 11 is 12.4. The van der Waals surface area contributed by atoms with Crippen molar-refractivity contribution >= 4 is 35.0 Å². The average molecular weight is 522 g/mol. The predicted octanol–water partition coefficient (Wildman–Crippen LogP) is 5.54. The molecule has 0 bridgehead atoms. The van der Waals surface area contributed by atoms with E-state index < -0.39 is 11.9 Å². The lowest BCUT2D eigenvalue weighted by Crippen LogP contribution is -2.45. The number of hydrogen-bond acceptors (Lipinski definition) is 4. The van der Waals surface area contributed by atoms with E-state index in [-0.39, 0.29) is 11.8 Å². The number of aromatic nitrogens is 3. The quantitative estimate of drug-likeness (QED) is 0.317. The molecule has 9 heteroatoms. The van der Waals surface area contributed by atoms with Crippen LogP contribution in [0, 0.1) is 5.92 Å². The lowest BCUT2D eigenvalue weighted by atomic mass is 10.0. The summed E-state index contributed by atoms with van der Waals surface area (Å²) in [6.07, 6.45) is 3.91. The van der Waals surface area contributed by atoms with Crippen LogP contribution in [-0.4, -0.2) is 32.6 Å². The van der Waals surface area contributed by atoms with Crippen molar-refractivity contribution in [1.29, 1.82) is 0 Å². The molecule has 4 aromatic rings. The lowest BCUT2D eigenvalue weighted by molar-refractivity contribution is -0.120. The highest BCUT2D eigenvalue weighted by Crippen LogP contribution is 2.31. The first-order valence-electron chi connectivity index (χ1n) is 11.4. The summed E-state index contributed by atoms with van der Waals surface area (Å²) in [5.74, 6) is -0.706. The number of primary amides is 1. The smallest absolute Gasteiger partial charge is 0.251 e. The highest BCUT2D eigenvalue weighted by molar-refractivity contribution is 6.42. The molecule has 0 saturated carbocycles. The summed E-state index contributed by atoms with van der Waals surface area (Å²) in [4.78, 5) is 28.7. The van der Waals surface area contributed by atoms with Gasteiger partial charge in [-0.2, -0.15) is 5.10 Å². The van der Waals surface area contributed by atoms with Gasteiger partial charge in [0.2, 0.25) is 5.91 Å². The first-order chi connectivity index (χ1) is 17.2. The van der Waals surface area contributed by atoms with Crippen molar-refractivity contribution < 1.29 is 9.59 Å². The van der Waals surface area contributed by atoms with E-state index >= 15 is 0 Å². The number of carbonyl (C=O) groups excluding carboxylic acids is 2. The molecule has 1 atom stereocenters. The van der Waals surface area contributed by atoms with E-state index in [2.05, 4.69) is 10.3 Å². The number of hydrogen-bond donors (Lipinski definition) is 2. The third-order valence-electron chi connectivity index (χ3n) is 5.61. The first-order valence-corrected chi connectivity index (χ1v) is 12.1. The molecule has 7 nitrogen and oxygen atoms in total. The molecule has 0 spiro atoms. The second-order valence-electron chi connectivity index (χ2n) is 8.80. The monoisotopic (exact) mass is 521 g/mol. The summed E-state index contributed by atoms with van der Waals surface area (Å²) in [5, 5.41) is 8.38. The van der Waals surface area contributed by atoms with Crippen LogP contribution in [0.4, 0.5) is 0 Å². The Kier molecular flexibility index (Phi) is 7.72. The van der Waals surface area contributed by atoms with Crippen molar-refractivity contribution in [3.63, 3.8) is 0 Å². The number of pyridine rings is 1. The van der Waals surface area contributed by atoms with Crippen molar-refractivity contribution in [3.8, 4) is 28.2 Å². The molecule has 1 unspecified atom stereocenters. The fourth-order valence-electron chi connectivity index (χ4n) is 3.81. The van der Waals surface area contributed by atoms with Crippen LogP contribution in [0.15, 0.2) is 73.1 Å². The highest BCUT2D eigenvalue weighted by Gasteiger charge is 2.21. The molecule has 3 N–H and O–H groups in total. The van der Waals surface area contributed by atoms with Gasteiger partial charge in [-0.15, -0.1) is 0 Å². The number of nitrogens with zero attached hydrogens (tertiary/aromatic N) is 3. The molecule has 0 aliphatic rings. The molecule has 0 aliphatic carbocycles. The largest absolute Gasteiger partial charge is 0.368 e. The minimum Gasteiger partial charge on any atom is -0.368 e. The molecular formula is C27H25Cl2N5O2. The second-order valence-corrected chi connectivity index (χ2v) is 9.62. The fraction of sp³-hybridized carbons (Fsp3) is 0.185. The highest BCUT2D eigenvalue weighted by atomic mass is 35.5. The van der Waals surface area contributed by atoms with Gasteiger partial charge < -0.3 is 11.1 Å². The minimum absolute atomic E-state index is 0.209. The van der Waals surface area contributed by atoms with Crippen LogP contribution in [0.2, 0.25) is 10.0 Å². The van der Waals surface area contributed by atoms with Crippen LogP contribution in [0.3, 0.4) is 0 Å². The maximum absolute atomic E-state index is 12.8. The SMILES string of the molecule is CC(C)CC(NC(=O)c1ccc(-c2cc(-c3cccnc3)nn2-c2ccc(Cl)c(Cl)c2)cc1)C(N)=O. The molecule has 2 aromatic carbocycles. The molecule has 2 aromatic heterocycles. The van der Waals surface area contributed by atoms with E-state index in [0.29, 0.717) is 22.0 Å². The number of rotatable bonds is 8. The number of nitrogens with one attached hydrogen (secondary N) is 1. The summed E-state index contributed by atoms with van der Waals surface area (Å²) in [7, 11) is 0. The van der Waals surface area contributed by atoms with Gasteiger partial charge in [-0.05, 0) is 60.9 Å². The third kappa shape index (κ3) is 5.75. The van der Waals surface area contributed by atoms with Crippen LogP contribution in [0.5, 0.6) is 0 Å². The Morgan fingerprint density at radius 1 is 1.00 bits per heavy atom. The number of nitrogens with two attached hydrogens (primary N) is 1. The summed E-state index contributed by atoms with van der Waals surface area (Å²) in [5.41, 5.74) is 9.81. The van der Waals surface area contributed by atoms with Crippen molar-refractivity contribution in [2.45, 2.75) is 26.3 Å². The van der Waals surface area contributed by atoms with Gasteiger partial charge in [-0.3, -0.25) is 14.6 Å². The Morgan fingerprint density at radius 3 is 2.36 bits per heavy atom. The van der Waals surface area contributed by atoms with Gasteiger partial charge in [0.05, 0.1) is 27.1 Å². The lowest BCUT2D eigenvalue weighted by Gasteiger charge is -2.17. The molecule has 0 aliphatic heterocycles. The number of benzene rings is 2. The standard InChI is InChI=1S/C27H25Cl2N5O2/c1-16(2)12-24(26(30)35)32-27(36)18-7-5-17(6-8-18)25-14-23(19-4-3-11-31-15-19)33-34(25)20-9-10-21(28)22(29)13-20/h3-11,13-16,24H,12H2,1-2H3,(H2,30,35)(H,32,36). The first kappa shape index (κ1) is 25.4. The molecule has 2 amide bonds. The van der Waals surface area contributed by atoms with E-state index in [0.717, 1.165) is 28.2 Å². The van der Waals surface area contributed by atoms with E-state index in [1.807, 2.05) is 50.2 Å². The van der Waals surface area contributed by atoms with Gasteiger partial charge in [-0.1, -0.05) is 49.2 Å². The van der Waals surface area contributed by atoms with Crippen LogP contribution in [0.25, 0.3) is 28.2 Å². The molecule has 4 rings (SSSR count). The molecule has 184 valence electrons. The summed E-state index contributed by atoms with van der Waals surface area (Å²) < 4.78 is 1.77. The zero-order valence-electron chi connectivity index (χ0n) is 19.8. The van der Waals surface area contributed by atoms with E-state index in [1.54, 1.807) is 41.3 Å². The third-order valence-corrected chi connectivity index (χ3v) is 6.35. The maximum atomic E-state index is 12.8. The van der Waals surface area contributed by atoms with E-state index in [1.165, 1.54) is 0 Å². The van der Waals surface area contributed by atoms with Crippen molar-refractivity contribution in [1.82, 2.24) is 20.1 Å². The zero-order valence-corrected chi connectivity index (χ0v) is 21.3. The van der Waals surface area contributed by atoms with Crippen LogP contribution >= 0.6 is 23.2 Å². The topological polar surface area (TPSA) is 103 Å². The Balaban J connectivity index is 1.69. The van der Waals surface area contributed by atoms with E-state index in [4.69, 9.17) is 34.0 Å². The summed E-state index contributed by atoms with van der Waals surface area (Å²) in [6.45, 7) is 3.93. The van der Waals surface area contributed by atoms with E-state index in [9.17, 15) is 9.59 Å². The van der Waals surface area contributed by atoms with Gasteiger partial charge in [0.15, 0.2) is 0 Å². The maximum Gasteiger partial charge on any atom is 0.251 e. The van der Waals surface area contributed by atoms with Crippen LogP contribution in [0.1, 0.15) is 30.6 Å². The normalized spacial score (nSPS) is 11.9. The van der Waals surface area contributed by atoms with Crippen LogP contribution < -0.4 is 11.1 Å². The Hall–Kier alpha value is -3.68. The Bertz CT molecular complexity index is 1390. The van der Waals surface area contributed by atoms with Crippen LogP contribution in [-0.2, 0) is 4.79 Å². The molecule has 0 radical (unpaired) electrons. The van der Waals surface area contributed by atoms with Gasteiger partial charge in [0.1, 0.15) is 6.04 Å². The van der Waals surface area contributed by atoms with Gasteiger partial charge in [-0.25, -0.2) is 4.68 Å². The molecule has 2 heterocycles. The van der Waals surface area contributed by atoms with Gasteiger partial charge >= 0.3 is 0 Å². The predicted molar refractivity (Wildman–Crippen MR) is 142 cm³/mol. The molecule has 36 heavy (non-hydrogen) atoms. The fourth-order valence-corrected chi connectivity index (χ4v) is 4.10. The zero-order chi connectivity index (χ0) is 25.8. The average Bonchev–Trinajstić information content (AvgIpc) is 3.31. The summed E-state index contributed by atoms with van der Waals surface area (Å²) in [6, 6.07) is 17.3. The number of carbonyl (C=O) groups is 2. The van der Waals surface area contributed by atoms with Crippen molar-refractivity contribution in [2.75, 3.05) is 0 Å². The minimum atomic E-state index is -0.727. The van der Waals surface area contributed by atoms with Gasteiger partial charge in [0, 0.05) is 29.1 Å². The number of halogens is 2.